The quantitative estimate of drug-likeness (QED) is 0.800. The Bertz CT molecular complexity index is 619. The van der Waals surface area contributed by atoms with E-state index in [2.05, 4.69) is 15.9 Å². The lowest BCUT2D eigenvalue weighted by Crippen LogP contribution is -2.21. The molecule has 2 aromatic rings. The number of aldehydes is 1. The van der Waals surface area contributed by atoms with Crippen molar-refractivity contribution in [3.05, 3.63) is 61.9 Å². The molecule has 0 atom stereocenters. The summed E-state index contributed by atoms with van der Waals surface area (Å²) >= 11 is 8.93. The molecule has 0 saturated heterocycles. The highest BCUT2D eigenvalue weighted by molar-refractivity contribution is 9.10. The minimum atomic E-state index is -0.364. The number of pyridine rings is 1. The zero-order valence-electron chi connectivity index (χ0n) is 8.56. The minimum Gasteiger partial charge on any atom is -0.298 e. The average Bonchev–Trinajstić information content (AvgIpc) is 2.31. The van der Waals surface area contributed by atoms with Crippen molar-refractivity contribution < 1.29 is 4.79 Å². The van der Waals surface area contributed by atoms with E-state index in [1.807, 2.05) is 0 Å². The lowest BCUT2D eigenvalue weighted by atomic mass is 10.2. The minimum absolute atomic E-state index is 0.0995. The maximum absolute atomic E-state index is 12.0. The Morgan fingerprint density at radius 1 is 1.18 bits per heavy atom. The highest BCUT2D eigenvalue weighted by atomic mass is 79.9. The number of hydrogen-bond donors (Lipinski definition) is 0. The van der Waals surface area contributed by atoms with Gasteiger partial charge in [-0.05, 0) is 46.3 Å². The maximum atomic E-state index is 12.0. The van der Waals surface area contributed by atoms with E-state index >= 15 is 0 Å². The molecule has 0 fully saturated rings. The van der Waals surface area contributed by atoms with E-state index in [4.69, 9.17) is 11.6 Å². The standard InChI is InChI=1S/C12H7BrClNO2/c13-11-5-6-15(12(17)10(11)7-16)9-3-1-8(14)2-4-9/h1-7H. The Hall–Kier alpha value is -1.39. The highest BCUT2D eigenvalue weighted by Crippen LogP contribution is 2.15. The summed E-state index contributed by atoms with van der Waals surface area (Å²) in [6, 6.07) is 8.45. The first-order chi connectivity index (χ1) is 8.13. The fourth-order valence-corrected chi connectivity index (χ4v) is 1.95. The van der Waals surface area contributed by atoms with Crippen molar-refractivity contribution >= 4 is 33.8 Å². The topological polar surface area (TPSA) is 39.1 Å². The molecule has 0 N–H and O–H groups in total. The van der Waals surface area contributed by atoms with Gasteiger partial charge in [0.05, 0.1) is 5.56 Å². The van der Waals surface area contributed by atoms with Gasteiger partial charge in [0.25, 0.3) is 5.56 Å². The molecule has 3 nitrogen and oxygen atoms in total. The molecule has 5 heteroatoms. The largest absolute Gasteiger partial charge is 0.298 e. The summed E-state index contributed by atoms with van der Waals surface area (Å²) in [6.07, 6.45) is 2.14. The van der Waals surface area contributed by atoms with E-state index in [9.17, 15) is 9.59 Å². The Morgan fingerprint density at radius 2 is 1.82 bits per heavy atom. The first-order valence-corrected chi connectivity index (χ1v) is 5.93. The summed E-state index contributed by atoms with van der Waals surface area (Å²) < 4.78 is 1.88. The highest BCUT2D eigenvalue weighted by Gasteiger charge is 2.08. The maximum Gasteiger partial charge on any atom is 0.266 e. The summed E-state index contributed by atoms with van der Waals surface area (Å²) in [6.45, 7) is 0. The molecule has 17 heavy (non-hydrogen) atoms. The van der Waals surface area contributed by atoms with Gasteiger partial charge in [0.1, 0.15) is 0 Å². The van der Waals surface area contributed by atoms with Crippen LogP contribution in [0.15, 0.2) is 45.8 Å². The zero-order chi connectivity index (χ0) is 12.4. The van der Waals surface area contributed by atoms with Crippen LogP contribution >= 0.6 is 27.5 Å². The second kappa shape index (κ2) is 4.85. The number of nitrogens with zero attached hydrogens (tertiary/aromatic N) is 1. The molecule has 0 spiro atoms. The molecule has 1 aromatic carbocycles. The van der Waals surface area contributed by atoms with E-state index in [0.717, 1.165) is 0 Å². The molecule has 0 aliphatic heterocycles. The number of carbonyl (C=O) groups excluding carboxylic acids is 1. The summed E-state index contributed by atoms with van der Waals surface area (Å²) in [5, 5.41) is 0.592. The molecular formula is C12H7BrClNO2. The molecule has 86 valence electrons. The molecule has 0 amide bonds. The van der Waals surface area contributed by atoms with Gasteiger partial charge >= 0.3 is 0 Å². The van der Waals surface area contributed by atoms with Gasteiger partial charge in [0.2, 0.25) is 0 Å². The van der Waals surface area contributed by atoms with E-state index in [1.165, 1.54) is 4.57 Å². The van der Waals surface area contributed by atoms with Crippen molar-refractivity contribution in [1.82, 2.24) is 4.57 Å². The molecule has 1 heterocycles. The third kappa shape index (κ3) is 2.33. The van der Waals surface area contributed by atoms with Gasteiger partial charge in [-0.25, -0.2) is 0 Å². The van der Waals surface area contributed by atoms with Crippen molar-refractivity contribution in [2.75, 3.05) is 0 Å². The zero-order valence-corrected chi connectivity index (χ0v) is 10.9. The molecule has 0 aliphatic rings. The molecule has 0 unspecified atom stereocenters. The SMILES string of the molecule is O=Cc1c(Br)ccn(-c2ccc(Cl)cc2)c1=O. The van der Waals surface area contributed by atoms with Gasteiger partial charge < -0.3 is 0 Å². The second-order valence-electron chi connectivity index (χ2n) is 3.35. The van der Waals surface area contributed by atoms with Crippen LogP contribution in [0.25, 0.3) is 5.69 Å². The van der Waals surface area contributed by atoms with Gasteiger partial charge in [-0.1, -0.05) is 11.6 Å². The average molecular weight is 313 g/mol. The monoisotopic (exact) mass is 311 g/mol. The van der Waals surface area contributed by atoms with Crippen LogP contribution < -0.4 is 5.56 Å². The van der Waals surface area contributed by atoms with Crippen LogP contribution in [0.5, 0.6) is 0 Å². The third-order valence-corrected chi connectivity index (χ3v) is 3.24. The number of carbonyl (C=O) groups is 1. The predicted octanol–water partition coefficient (Wildman–Crippen LogP) is 3.07. The van der Waals surface area contributed by atoms with Crippen LogP contribution in [0, 0.1) is 0 Å². The molecular weight excluding hydrogens is 305 g/mol. The lowest BCUT2D eigenvalue weighted by Gasteiger charge is -2.07. The summed E-state index contributed by atoms with van der Waals surface area (Å²) in [7, 11) is 0. The molecule has 0 saturated carbocycles. The molecule has 0 aliphatic carbocycles. The first-order valence-electron chi connectivity index (χ1n) is 4.76. The lowest BCUT2D eigenvalue weighted by molar-refractivity contribution is 0.112. The summed E-state index contributed by atoms with van der Waals surface area (Å²) in [4.78, 5) is 22.8. The van der Waals surface area contributed by atoms with Crippen molar-refractivity contribution in [3.63, 3.8) is 0 Å². The van der Waals surface area contributed by atoms with Crippen molar-refractivity contribution in [2.45, 2.75) is 0 Å². The van der Waals surface area contributed by atoms with Gasteiger partial charge in [-0.15, -0.1) is 0 Å². The van der Waals surface area contributed by atoms with Crippen LogP contribution in [0.1, 0.15) is 10.4 Å². The molecule has 0 bridgehead atoms. The number of aromatic nitrogens is 1. The van der Waals surface area contributed by atoms with Crippen molar-refractivity contribution in [1.29, 1.82) is 0 Å². The predicted molar refractivity (Wildman–Crippen MR) is 70.1 cm³/mol. The van der Waals surface area contributed by atoms with Gasteiger partial charge in [-0.2, -0.15) is 0 Å². The Labute approximate surface area is 111 Å². The van der Waals surface area contributed by atoms with E-state index in [0.29, 0.717) is 21.5 Å². The summed E-state index contributed by atoms with van der Waals surface area (Å²) in [5.74, 6) is 0. The summed E-state index contributed by atoms with van der Waals surface area (Å²) in [5.41, 5.74) is 0.397. The molecule has 2 rings (SSSR count). The Morgan fingerprint density at radius 3 is 2.41 bits per heavy atom. The number of halogens is 2. The normalized spacial score (nSPS) is 10.2. The van der Waals surface area contributed by atoms with Crippen LogP contribution in [-0.2, 0) is 0 Å². The molecule has 1 aromatic heterocycles. The molecule has 0 radical (unpaired) electrons. The van der Waals surface area contributed by atoms with Crippen molar-refractivity contribution in [3.8, 4) is 5.69 Å². The van der Waals surface area contributed by atoms with Crippen LogP contribution in [-0.4, -0.2) is 10.9 Å². The number of hydrogen-bond acceptors (Lipinski definition) is 2. The van der Waals surface area contributed by atoms with Gasteiger partial charge in [0.15, 0.2) is 6.29 Å². The fourth-order valence-electron chi connectivity index (χ4n) is 1.44. The van der Waals surface area contributed by atoms with Gasteiger partial charge in [-0.3, -0.25) is 14.2 Å². The second-order valence-corrected chi connectivity index (χ2v) is 4.64. The van der Waals surface area contributed by atoms with E-state index in [1.54, 1.807) is 36.5 Å². The van der Waals surface area contributed by atoms with Crippen LogP contribution in [0.3, 0.4) is 0 Å². The van der Waals surface area contributed by atoms with E-state index in [-0.39, 0.29) is 11.1 Å². The fraction of sp³-hybridized carbons (Fsp3) is 0. The van der Waals surface area contributed by atoms with Gasteiger partial charge in [0, 0.05) is 21.4 Å². The van der Waals surface area contributed by atoms with Crippen LogP contribution in [0.2, 0.25) is 5.02 Å². The first kappa shape index (κ1) is 12.1. The number of benzene rings is 1. The Balaban J connectivity index is 2.65. The van der Waals surface area contributed by atoms with Crippen molar-refractivity contribution in [2.24, 2.45) is 0 Å². The third-order valence-electron chi connectivity index (χ3n) is 2.30. The van der Waals surface area contributed by atoms with E-state index < -0.39 is 0 Å². The smallest absolute Gasteiger partial charge is 0.266 e. The Kier molecular flexibility index (Phi) is 3.45. The number of rotatable bonds is 2. The van der Waals surface area contributed by atoms with Crippen LogP contribution in [0.4, 0.5) is 0 Å².